The molecule has 1 fully saturated rings. The molecule has 0 amide bonds. The van der Waals surface area contributed by atoms with Crippen LogP contribution >= 0.6 is 0 Å². The molecule has 18 heavy (non-hydrogen) atoms. The van der Waals surface area contributed by atoms with E-state index in [9.17, 15) is 0 Å². The highest BCUT2D eigenvalue weighted by atomic mass is 16.5. The third-order valence-electron chi connectivity index (χ3n) is 3.78. The summed E-state index contributed by atoms with van der Waals surface area (Å²) < 4.78 is 5.33. The van der Waals surface area contributed by atoms with Crippen LogP contribution in [0.5, 0.6) is 5.75 Å². The minimum Gasteiger partial charge on any atom is -0.497 e. The second kappa shape index (κ2) is 5.19. The Bertz CT molecular complexity index is 403. The van der Waals surface area contributed by atoms with E-state index < -0.39 is 0 Å². The van der Waals surface area contributed by atoms with Crippen molar-refractivity contribution in [1.82, 2.24) is 5.32 Å². The SMILES string of the molecule is COc1cccc(N2CC(C)NCCC2(C)C)c1. The molecule has 0 bridgehead atoms. The van der Waals surface area contributed by atoms with Crippen molar-refractivity contribution in [2.24, 2.45) is 0 Å². The lowest BCUT2D eigenvalue weighted by molar-refractivity contribution is 0.413. The van der Waals surface area contributed by atoms with Gasteiger partial charge in [-0.3, -0.25) is 0 Å². The van der Waals surface area contributed by atoms with Crippen LogP contribution in [0.1, 0.15) is 27.2 Å². The molecule has 1 aliphatic heterocycles. The molecule has 1 atom stereocenters. The van der Waals surface area contributed by atoms with E-state index in [2.05, 4.69) is 49.2 Å². The van der Waals surface area contributed by atoms with E-state index in [0.29, 0.717) is 6.04 Å². The smallest absolute Gasteiger partial charge is 0.120 e. The minimum atomic E-state index is 0.171. The number of benzene rings is 1. The number of hydrogen-bond acceptors (Lipinski definition) is 3. The van der Waals surface area contributed by atoms with E-state index in [0.717, 1.165) is 25.3 Å². The monoisotopic (exact) mass is 248 g/mol. The van der Waals surface area contributed by atoms with Gasteiger partial charge in [0.1, 0.15) is 5.75 Å². The van der Waals surface area contributed by atoms with Gasteiger partial charge < -0.3 is 15.0 Å². The Morgan fingerprint density at radius 1 is 1.39 bits per heavy atom. The van der Waals surface area contributed by atoms with Crippen molar-refractivity contribution < 1.29 is 4.74 Å². The van der Waals surface area contributed by atoms with Crippen LogP contribution in [0.2, 0.25) is 0 Å². The highest BCUT2D eigenvalue weighted by Crippen LogP contribution is 2.30. The normalized spacial score (nSPS) is 23.6. The summed E-state index contributed by atoms with van der Waals surface area (Å²) in [6.07, 6.45) is 1.15. The summed E-state index contributed by atoms with van der Waals surface area (Å²) in [6, 6.07) is 8.86. The topological polar surface area (TPSA) is 24.5 Å². The molecule has 0 aromatic heterocycles. The number of nitrogens with zero attached hydrogens (tertiary/aromatic N) is 1. The number of ether oxygens (including phenoxy) is 1. The number of anilines is 1. The molecule has 1 heterocycles. The zero-order chi connectivity index (χ0) is 13.2. The van der Waals surface area contributed by atoms with Crippen molar-refractivity contribution in [2.75, 3.05) is 25.1 Å². The minimum absolute atomic E-state index is 0.171. The van der Waals surface area contributed by atoms with Crippen LogP contribution < -0.4 is 15.0 Å². The first-order valence-corrected chi connectivity index (χ1v) is 6.68. The van der Waals surface area contributed by atoms with E-state index in [1.54, 1.807) is 7.11 Å². The van der Waals surface area contributed by atoms with Crippen LogP contribution in [0.4, 0.5) is 5.69 Å². The van der Waals surface area contributed by atoms with Crippen molar-refractivity contribution in [3.63, 3.8) is 0 Å². The summed E-state index contributed by atoms with van der Waals surface area (Å²) in [5.41, 5.74) is 1.42. The standard InChI is InChI=1S/C15H24N2O/c1-12-11-17(15(2,3)8-9-16-12)13-6-5-7-14(10-13)18-4/h5-7,10,12,16H,8-9,11H2,1-4H3. The summed E-state index contributed by atoms with van der Waals surface area (Å²) in [6.45, 7) is 8.97. The summed E-state index contributed by atoms with van der Waals surface area (Å²) >= 11 is 0. The van der Waals surface area contributed by atoms with Gasteiger partial charge in [-0.2, -0.15) is 0 Å². The fourth-order valence-electron chi connectivity index (χ4n) is 2.58. The third-order valence-corrected chi connectivity index (χ3v) is 3.78. The van der Waals surface area contributed by atoms with Crippen LogP contribution in [0.25, 0.3) is 0 Å². The molecule has 3 nitrogen and oxygen atoms in total. The highest BCUT2D eigenvalue weighted by Gasteiger charge is 2.30. The van der Waals surface area contributed by atoms with Gasteiger partial charge in [0.2, 0.25) is 0 Å². The number of methoxy groups -OCH3 is 1. The van der Waals surface area contributed by atoms with Gasteiger partial charge in [0, 0.05) is 29.9 Å². The van der Waals surface area contributed by atoms with Crippen molar-refractivity contribution in [3.05, 3.63) is 24.3 Å². The molecule has 100 valence electrons. The van der Waals surface area contributed by atoms with Crippen molar-refractivity contribution in [1.29, 1.82) is 0 Å². The first-order chi connectivity index (χ1) is 8.53. The lowest BCUT2D eigenvalue weighted by Crippen LogP contribution is -2.46. The highest BCUT2D eigenvalue weighted by molar-refractivity contribution is 5.53. The zero-order valence-corrected chi connectivity index (χ0v) is 11.9. The molecule has 1 aromatic rings. The largest absolute Gasteiger partial charge is 0.497 e. The fourth-order valence-corrected chi connectivity index (χ4v) is 2.58. The van der Waals surface area contributed by atoms with E-state index in [1.165, 1.54) is 5.69 Å². The Labute approximate surface area is 110 Å². The number of nitrogens with one attached hydrogen (secondary N) is 1. The maximum atomic E-state index is 5.33. The lowest BCUT2D eigenvalue weighted by atomic mass is 9.97. The van der Waals surface area contributed by atoms with E-state index >= 15 is 0 Å². The fraction of sp³-hybridized carbons (Fsp3) is 0.600. The van der Waals surface area contributed by atoms with Gasteiger partial charge in [-0.25, -0.2) is 0 Å². The van der Waals surface area contributed by atoms with Crippen LogP contribution in [0.15, 0.2) is 24.3 Å². The molecule has 1 aromatic carbocycles. The number of hydrogen-bond donors (Lipinski definition) is 1. The average Bonchev–Trinajstić information content (AvgIpc) is 2.48. The summed E-state index contributed by atoms with van der Waals surface area (Å²) in [4.78, 5) is 2.49. The molecule has 0 spiro atoms. The molecule has 0 aliphatic carbocycles. The average molecular weight is 248 g/mol. The molecular formula is C15H24N2O. The van der Waals surface area contributed by atoms with Gasteiger partial charge >= 0.3 is 0 Å². The quantitative estimate of drug-likeness (QED) is 0.871. The second-order valence-electron chi connectivity index (χ2n) is 5.73. The Balaban J connectivity index is 2.31. The Kier molecular flexibility index (Phi) is 3.81. The van der Waals surface area contributed by atoms with Crippen LogP contribution in [-0.2, 0) is 0 Å². The van der Waals surface area contributed by atoms with Crippen molar-refractivity contribution in [2.45, 2.75) is 38.8 Å². The maximum Gasteiger partial charge on any atom is 0.120 e. The summed E-state index contributed by atoms with van der Waals surface area (Å²) in [5.74, 6) is 0.924. The first-order valence-electron chi connectivity index (χ1n) is 6.68. The molecular weight excluding hydrogens is 224 g/mol. The van der Waals surface area contributed by atoms with Gasteiger partial charge in [0.15, 0.2) is 0 Å². The van der Waals surface area contributed by atoms with Gasteiger partial charge in [-0.15, -0.1) is 0 Å². The number of rotatable bonds is 2. The molecule has 1 saturated heterocycles. The van der Waals surface area contributed by atoms with E-state index in [4.69, 9.17) is 4.74 Å². The van der Waals surface area contributed by atoms with Crippen molar-refractivity contribution in [3.8, 4) is 5.75 Å². The lowest BCUT2D eigenvalue weighted by Gasteiger charge is -2.39. The molecule has 0 saturated carbocycles. The molecule has 1 unspecified atom stereocenters. The first kappa shape index (κ1) is 13.2. The molecule has 1 N–H and O–H groups in total. The molecule has 0 radical (unpaired) electrons. The molecule has 3 heteroatoms. The van der Waals surface area contributed by atoms with Gasteiger partial charge in [0.05, 0.1) is 7.11 Å². The Morgan fingerprint density at radius 2 is 2.17 bits per heavy atom. The maximum absolute atomic E-state index is 5.33. The van der Waals surface area contributed by atoms with Crippen LogP contribution in [0, 0.1) is 0 Å². The molecule has 2 rings (SSSR count). The summed E-state index contributed by atoms with van der Waals surface area (Å²) in [5, 5.41) is 3.56. The van der Waals surface area contributed by atoms with E-state index in [1.807, 2.05) is 6.07 Å². The van der Waals surface area contributed by atoms with Crippen molar-refractivity contribution >= 4 is 5.69 Å². The molecule has 1 aliphatic rings. The zero-order valence-electron chi connectivity index (χ0n) is 11.9. The predicted octanol–water partition coefficient (Wildman–Crippen LogP) is 2.66. The van der Waals surface area contributed by atoms with E-state index in [-0.39, 0.29) is 5.54 Å². The second-order valence-corrected chi connectivity index (χ2v) is 5.73. The van der Waals surface area contributed by atoms with Gasteiger partial charge in [-0.05, 0) is 45.9 Å². The Morgan fingerprint density at radius 3 is 2.89 bits per heavy atom. The van der Waals surface area contributed by atoms with Gasteiger partial charge in [0.25, 0.3) is 0 Å². The predicted molar refractivity (Wildman–Crippen MR) is 76.5 cm³/mol. The Hall–Kier alpha value is -1.22. The van der Waals surface area contributed by atoms with Crippen LogP contribution in [-0.4, -0.2) is 31.8 Å². The van der Waals surface area contributed by atoms with Gasteiger partial charge in [-0.1, -0.05) is 6.07 Å². The summed E-state index contributed by atoms with van der Waals surface area (Å²) in [7, 11) is 1.72. The van der Waals surface area contributed by atoms with Crippen LogP contribution in [0.3, 0.4) is 0 Å². The third kappa shape index (κ3) is 2.78.